The minimum absolute atomic E-state index is 0.186. The van der Waals surface area contributed by atoms with Gasteiger partial charge >= 0.3 is 0 Å². The van der Waals surface area contributed by atoms with Crippen LogP contribution in [-0.4, -0.2) is 19.8 Å². The second kappa shape index (κ2) is 4.82. The molecule has 1 aromatic carbocycles. The van der Waals surface area contributed by atoms with Crippen LogP contribution in [0, 0.1) is 29.5 Å². The molecule has 1 heterocycles. The second-order valence-corrected chi connectivity index (χ2v) is 4.57. The number of nitrogens with zero attached hydrogens (tertiary/aromatic N) is 1. The predicted octanol–water partition coefficient (Wildman–Crippen LogP) is 1.76. The Morgan fingerprint density at radius 3 is 2.82 bits per heavy atom. The third-order valence-electron chi connectivity index (χ3n) is 3.01. The van der Waals surface area contributed by atoms with Crippen molar-refractivity contribution in [1.82, 2.24) is 5.32 Å². The lowest BCUT2D eigenvalue weighted by atomic mass is 9.88. The fraction of sp³-hybridized carbons (Fsp3) is 0.462. The summed E-state index contributed by atoms with van der Waals surface area (Å²) < 4.78 is 18.1. The average Bonchev–Trinajstić information content (AvgIpc) is 2.27. The van der Waals surface area contributed by atoms with Gasteiger partial charge in [-0.1, -0.05) is 12.1 Å². The Morgan fingerprint density at radius 2 is 2.29 bits per heavy atom. The van der Waals surface area contributed by atoms with E-state index in [9.17, 15) is 4.39 Å². The van der Waals surface area contributed by atoms with Crippen molar-refractivity contribution in [2.24, 2.45) is 5.41 Å². The number of halogens is 1. The molecular formula is C13H15FN2O. The van der Waals surface area contributed by atoms with Crippen molar-refractivity contribution in [1.29, 1.82) is 5.26 Å². The molecule has 1 saturated heterocycles. The van der Waals surface area contributed by atoms with Crippen molar-refractivity contribution in [3.8, 4) is 6.07 Å². The zero-order valence-electron chi connectivity index (χ0n) is 9.79. The molecule has 1 aliphatic rings. The summed E-state index contributed by atoms with van der Waals surface area (Å²) in [6, 6.07) is 7.32. The van der Waals surface area contributed by atoms with Crippen LogP contribution in [0.25, 0.3) is 0 Å². The van der Waals surface area contributed by atoms with Crippen LogP contribution in [-0.2, 0) is 11.3 Å². The molecule has 1 aromatic rings. The highest BCUT2D eigenvalue weighted by Crippen LogP contribution is 2.25. The Morgan fingerprint density at radius 1 is 1.53 bits per heavy atom. The lowest BCUT2D eigenvalue weighted by Gasteiger charge is -2.35. The van der Waals surface area contributed by atoms with Gasteiger partial charge in [0.15, 0.2) is 0 Å². The molecule has 3 nitrogen and oxygen atoms in total. The molecule has 0 saturated carbocycles. The van der Waals surface area contributed by atoms with E-state index in [1.165, 1.54) is 6.07 Å². The first-order valence-corrected chi connectivity index (χ1v) is 5.60. The molecule has 1 fully saturated rings. The summed E-state index contributed by atoms with van der Waals surface area (Å²) in [5.74, 6) is -0.186. The Labute approximate surface area is 100 Å². The van der Waals surface area contributed by atoms with Crippen LogP contribution < -0.4 is 5.32 Å². The quantitative estimate of drug-likeness (QED) is 0.863. The maximum atomic E-state index is 13.0. The highest BCUT2D eigenvalue weighted by Gasteiger charge is 2.38. The van der Waals surface area contributed by atoms with Gasteiger partial charge in [-0.2, -0.15) is 5.26 Å². The summed E-state index contributed by atoms with van der Waals surface area (Å²) in [6.07, 6.45) is 0. The molecule has 0 aliphatic carbocycles. The third kappa shape index (κ3) is 2.63. The number of benzene rings is 1. The molecule has 0 atom stereocenters. The molecule has 2 rings (SSSR count). The summed E-state index contributed by atoms with van der Waals surface area (Å²) >= 11 is 0. The van der Waals surface area contributed by atoms with E-state index < -0.39 is 0 Å². The van der Waals surface area contributed by atoms with Crippen molar-refractivity contribution < 1.29 is 9.13 Å². The largest absolute Gasteiger partial charge is 0.378 e. The molecule has 17 heavy (non-hydrogen) atoms. The van der Waals surface area contributed by atoms with Gasteiger partial charge in [0.1, 0.15) is 11.2 Å². The Kier molecular flexibility index (Phi) is 3.41. The average molecular weight is 234 g/mol. The zero-order valence-corrected chi connectivity index (χ0v) is 9.79. The van der Waals surface area contributed by atoms with E-state index >= 15 is 0 Å². The van der Waals surface area contributed by atoms with Gasteiger partial charge in [0.05, 0.1) is 19.3 Å². The van der Waals surface area contributed by atoms with E-state index in [1.54, 1.807) is 13.0 Å². The fourth-order valence-corrected chi connectivity index (χ4v) is 1.82. The highest BCUT2D eigenvalue weighted by molar-refractivity contribution is 5.23. The number of rotatable bonds is 4. The van der Waals surface area contributed by atoms with Crippen molar-refractivity contribution in [2.45, 2.75) is 13.5 Å². The van der Waals surface area contributed by atoms with Crippen LogP contribution in [0.3, 0.4) is 0 Å². The number of hydrogen-bond acceptors (Lipinski definition) is 3. The lowest BCUT2D eigenvalue weighted by molar-refractivity contribution is -0.0755. The second-order valence-electron chi connectivity index (χ2n) is 4.57. The molecule has 0 unspecified atom stereocenters. The maximum absolute atomic E-state index is 13.0. The number of nitrogens with one attached hydrogen (secondary N) is 1. The van der Waals surface area contributed by atoms with Gasteiger partial charge in [-0.3, -0.25) is 0 Å². The molecule has 0 amide bonds. The van der Waals surface area contributed by atoms with E-state index in [0.717, 1.165) is 5.56 Å². The molecule has 0 spiro atoms. The molecular weight excluding hydrogens is 219 g/mol. The zero-order chi connectivity index (χ0) is 12.3. The van der Waals surface area contributed by atoms with Gasteiger partial charge < -0.3 is 10.1 Å². The molecule has 90 valence electrons. The minimum Gasteiger partial charge on any atom is -0.378 e. The summed E-state index contributed by atoms with van der Waals surface area (Å²) in [5.41, 5.74) is 1.30. The van der Waals surface area contributed by atoms with Crippen LogP contribution in [0.1, 0.15) is 11.1 Å². The molecule has 0 aromatic heterocycles. The van der Waals surface area contributed by atoms with Gasteiger partial charge in [0, 0.05) is 13.1 Å². The maximum Gasteiger partial charge on any atom is 0.126 e. The number of nitriles is 1. The monoisotopic (exact) mass is 234 g/mol. The van der Waals surface area contributed by atoms with Gasteiger partial charge in [-0.15, -0.1) is 0 Å². The Hall–Kier alpha value is -1.44. The normalized spacial score (nSPS) is 17.2. The van der Waals surface area contributed by atoms with Crippen LogP contribution in [0.4, 0.5) is 4.39 Å². The van der Waals surface area contributed by atoms with Gasteiger partial charge in [0.25, 0.3) is 0 Å². The van der Waals surface area contributed by atoms with Gasteiger partial charge in [-0.25, -0.2) is 4.39 Å². The molecule has 4 heteroatoms. The van der Waals surface area contributed by atoms with Gasteiger partial charge in [0.2, 0.25) is 0 Å². The summed E-state index contributed by atoms with van der Waals surface area (Å²) in [5, 5.41) is 12.2. The summed E-state index contributed by atoms with van der Waals surface area (Å²) in [6.45, 7) is 4.00. The topological polar surface area (TPSA) is 45.0 Å². The molecule has 0 bridgehead atoms. The summed E-state index contributed by atoms with van der Waals surface area (Å²) in [7, 11) is 0. The first-order chi connectivity index (χ1) is 8.15. The highest BCUT2D eigenvalue weighted by atomic mass is 19.1. The first kappa shape index (κ1) is 12.0. The smallest absolute Gasteiger partial charge is 0.126 e. The van der Waals surface area contributed by atoms with Crippen molar-refractivity contribution >= 4 is 0 Å². The fourth-order valence-electron chi connectivity index (χ4n) is 1.82. The van der Waals surface area contributed by atoms with Crippen LogP contribution in [0.5, 0.6) is 0 Å². The molecule has 0 radical (unpaired) electrons. The summed E-state index contributed by atoms with van der Waals surface area (Å²) in [4.78, 5) is 0. The molecule has 1 aliphatic heterocycles. The number of hydrogen-bond donors (Lipinski definition) is 1. The van der Waals surface area contributed by atoms with Gasteiger partial charge in [-0.05, 0) is 24.1 Å². The van der Waals surface area contributed by atoms with Crippen molar-refractivity contribution in [3.63, 3.8) is 0 Å². The van der Waals surface area contributed by atoms with E-state index in [-0.39, 0.29) is 11.2 Å². The third-order valence-corrected chi connectivity index (χ3v) is 3.01. The van der Waals surface area contributed by atoms with Crippen LogP contribution in [0.15, 0.2) is 18.2 Å². The van der Waals surface area contributed by atoms with E-state index in [1.807, 2.05) is 6.07 Å². The number of aryl methyl sites for hydroxylation is 1. The Balaban J connectivity index is 1.86. The van der Waals surface area contributed by atoms with E-state index in [0.29, 0.717) is 31.9 Å². The minimum atomic E-state index is -0.366. The standard InChI is InChI=1S/C13H15FN2O/c1-10-4-11(2-3-12(10)14)5-16-7-13(6-15)8-17-9-13/h2-4,16H,5,7-9H2,1H3. The van der Waals surface area contributed by atoms with Crippen molar-refractivity contribution in [2.75, 3.05) is 19.8 Å². The van der Waals surface area contributed by atoms with E-state index in [4.69, 9.17) is 10.00 Å². The SMILES string of the molecule is Cc1cc(CNCC2(C#N)COC2)ccc1F. The van der Waals surface area contributed by atoms with Crippen LogP contribution >= 0.6 is 0 Å². The van der Waals surface area contributed by atoms with E-state index in [2.05, 4.69) is 11.4 Å². The Bertz CT molecular complexity index is 449. The molecule has 1 N–H and O–H groups in total. The lowest BCUT2D eigenvalue weighted by Crippen LogP contribution is -2.48. The van der Waals surface area contributed by atoms with Crippen molar-refractivity contribution in [3.05, 3.63) is 35.1 Å². The predicted molar refractivity (Wildman–Crippen MR) is 61.7 cm³/mol. The first-order valence-electron chi connectivity index (χ1n) is 5.60. The van der Waals surface area contributed by atoms with Crippen LogP contribution in [0.2, 0.25) is 0 Å². The number of ether oxygens (including phenoxy) is 1.